The van der Waals surface area contributed by atoms with E-state index in [0.717, 1.165) is 41.1 Å². The van der Waals surface area contributed by atoms with E-state index in [-0.39, 0.29) is 11.8 Å². The van der Waals surface area contributed by atoms with Crippen LogP contribution in [0.3, 0.4) is 0 Å². The Kier molecular flexibility index (Phi) is 5.92. The molecule has 28 heavy (non-hydrogen) atoms. The monoisotopic (exact) mass is 415 g/mol. The van der Waals surface area contributed by atoms with Crippen LogP contribution in [0.25, 0.3) is 5.13 Å². The molecule has 2 aromatic heterocycles. The Hall–Kier alpha value is -2.38. The molecular weight excluding hydrogens is 394 g/mol. The molecule has 8 heteroatoms. The zero-order valence-electron chi connectivity index (χ0n) is 15.4. The van der Waals surface area contributed by atoms with E-state index in [1.54, 1.807) is 11.3 Å². The summed E-state index contributed by atoms with van der Waals surface area (Å²) in [6.07, 6.45) is 6.60. The molecule has 1 unspecified atom stereocenters. The summed E-state index contributed by atoms with van der Waals surface area (Å²) >= 11 is 7.46. The second-order valence-corrected chi connectivity index (χ2v) is 8.28. The molecular formula is C20H22ClN5OS. The number of anilines is 1. The normalized spacial score (nSPS) is 16.9. The number of nitrogens with zero attached hydrogens (tertiary/aromatic N) is 4. The quantitative estimate of drug-likeness (QED) is 0.668. The highest BCUT2D eigenvalue weighted by molar-refractivity contribution is 7.17. The van der Waals surface area contributed by atoms with Crippen molar-refractivity contribution in [2.24, 2.45) is 5.92 Å². The number of aromatic nitrogens is 3. The smallest absolute Gasteiger partial charge is 0.224 e. The number of nitrogens with one attached hydrogen (secondary N) is 1. The van der Waals surface area contributed by atoms with Gasteiger partial charge in [0.2, 0.25) is 16.2 Å². The van der Waals surface area contributed by atoms with Gasteiger partial charge in [-0.2, -0.15) is 0 Å². The third-order valence-electron chi connectivity index (χ3n) is 4.92. The van der Waals surface area contributed by atoms with Crippen molar-refractivity contribution in [2.75, 3.05) is 24.5 Å². The molecule has 3 aromatic rings. The minimum atomic E-state index is -0.0158. The van der Waals surface area contributed by atoms with Crippen molar-refractivity contribution in [1.29, 1.82) is 0 Å². The number of hydrogen-bond donors (Lipinski definition) is 1. The van der Waals surface area contributed by atoms with Crippen LogP contribution < -0.4 is 10.2 Å². The first kappa shape index (κ1) is 19.0. The van der Waals surface area contributed by atoms with Crippen molar-refractivity contribution in [3.05, 3.63) is 59.4 Å². The van der Waals surface area contributed by atoms with Gasteiger partial charge in [0.1, 0.15) is 0 Å². The summed E-state index contributed by atoms with van der Waals surface area (Å²) in [7, 11) is 0. The lowest BCUT2D eigenvalue weighted by atomic mass is 9.97. The van der Waals surface area contributed by atoms with E-state index in [1.165, 1.54) is 5.56 Å². The van der Waals surface area contributed by atoms with Gasteiger partial charge < -0.3 is 10.2 Å². The largest absolute Gasteiger partial charge is 0.355 e. The fourth-order valence-electron chi connectivity index (χ4n) is 3.39. The van der Waals surface area contributed by atoms with E-state index in [2.05, 4.69) is 20.4 Å². The fraction of sp³-hybridized carbons (Fsp3) is 0.350. The Bertz CT molecular complexity index is 909. The predicted molar refractivity (Wildman–Crippen MR) is 112 cm³/mol. The molecule has 0 aliphatic carbocycles. The van der Waals surface area contributed by atoms with Crippen LogP contribution in [0, 0.1) is 5.92 Å². The van der Waals surface area contributed by atoms with Crippen LogP contribution in [0.5, 0.6) is 0 Å². The maximum absolute atomic E-state index is 12.6. The highest BCUT2D eigenvalue weighted by atomic mass is 35.5. The lowest BCUT2D eigenvalue weighted by Crippen LogP contribution is -2.43. The van der Waals surface area contributed by atoms with Crippen molar-refractivity contribution in [3.8, 4) is 5.13 Å². The third kappa shape index (κ3) is 4.54. The molecule has 1 aromatic carbocycles. The van der Waals surface area contributed by atoms with Gasteiger partial charge in [0.15, 0.2) is 0 Å². The number of hydrogen-bond acceptors (Lipinski definition) is 5. The van der Waals surface area contributed by atoms with Gasteiger partial charge in [0, 0.05) is 37.1 Å². The lowest BCUT2D eigenvalue weighted by molar-refractivity contribution is -0.125. The molecule has 6 nitrogen and oxygen atoms in total. The Labute approximate surface area is 173 Å². The molecule has 146 valence electrons. The average molecular weight is 416 g/mol. The van der Waals surface area contributed by atoms with Crippen LogP contribution in [0.15, 0.2) is 48.8 Å². The molecule has 0 radical (unpaired) electrons. The summed E-state index contributed by atoms with van der Waals surface area (Å²) in [6.45, 7) is 2.23. The Morgan fingerprint density at radius 1 is 1.18 bits per heavy atom. The van der Waals surface area contributed by atoms with Crippen molar-refractivity contribution < 1.29 is 4.79 Å². The molecule has 1 N–H and O–H groups in total. The van der Waals surface area contributed by atoms with E-state index in [4.69, 9.17) is 11.6 Å². The lowest BCUT2D eigenvalue weighted by Gasteiger charge is -2.31. The van der Waals surface area contributed by atoms with E-state index in [9.17, 15) is 4.79 Å². The molecule has 1 fully saturated rings. The second kappa shape index (κ2) is 8.75. The number of amides is 1. The molecule has 1 aliphatic rings. The fourth-order valence-corrected chi connectivity index (χ4v) is 4.37. The number of benzene rings is 1. The highest BCUT2D eigenvalue weighted by Crippen LogP contribution is 2.27. The Morgan fingerprint density at radius 3 is 2.71 bits per heavy atom. The number of rotatable bonds is 6. The van der Waals surface area contributed by atoms with E-state index >= 15 is 0 Å². The van der Waals surface area contributed by atoms with Gasteiger partial charge in [0.25, 0.3) is 0 Å². The zero-order chi connectivity index (χ0) is 19.3. The number of piperidine rings is 1. The van der Waals surface area contributed by atoms with Crippen molar-refractivity contribution >= 4 is 34.0 Å². The summed E-state index contributed by atoms with van der Waals surface area (Å²) in [5.74, 6) is 0.103. The Morgan fingerprint density at radius 2 is 1.93 bits per heavy atom. The average Bonchev–Trinajstić information content (AvgIpc) is 3.41. The molecule has 1 amide bonds. The summed E-state index contributed by atoms with van der Waals surface area (Å²) in [4.78, 5) is 14.8. The molecule has 1 saturated heterocycles. The van der Waals surface area contributed by atoms with Crippen molar-refractivity contribution in [3.63, 3.8) is 0 Å². The van der Waals surface area contributed by atoms with Crippen LogP contribution in [-0.2, 0) is 11.2 Å². The van der Waals surface area contributed by atoms with Gasteiger partial charge in [-0.25, -0.2) is 0 Å². The molecule has 0 saturated carbocycles. The summed E-state index contributed by atoms with van der Waals surface area (Å²) in [6, 6.07) is 11.7. The summed E-state index contributed by atoms with van der Waals surface area (Å²) < 4.78 is 1.95. The minimum absolute atomic E-state index is 0.0158. The van der Waals surface area contributed by atoms with E-state index in [0.29, 0.717) is 13.1 Å². The van der Waals surface area contributed by atoms with Gasteiger partial charge in [-0.3, -0.25) is 9.36 Å². The van der Waals surface area contributed by atoms with Gasteiger partial charge in [-0.15, -0.1) is 10.2 Å². The van der Waals surface area contributed by atoms with Crippen molar-refractivity contribution in [2.45, 2.75) is 19.3 Å². The van der Waals surface area contributed by atoms with E-state index in [1.807, 2.05) is 53.4 Å². The van der Waals surface area contributed by atoms with Gasteiger partial charge in [-0.1, -0.05) is 35.1 Å². The Balaban J connectivity index is 1.30. The first-order valence-corrected chi connectivity index (χ1v) is 10.6. The number of carbonyl (C=O) groups is 1. The standard InChI is InChI=1S/C20H22ClN5OS/c21-17-7-5-15(6-8-17)9-10-22-18(27)16-4-3-13-26(14-16)20-24-23-19(28-20)25-11-1-2-12-25/h1-2,5-8,11-12,16H,3-4,9-10,13-14H2,(H,22,27). The van der Waals surface area contributed by atoms with Crippen molar-refractivity contribution in [1.82, 2.24) is 20.1 Å². The highest BCUT2D eigenvalue weighted by Gasteiger charge is 2.27. The number of carbonyl (C=O) groups excluding carboxylic acids is 1. The van der Waals surface area contributed by atoms with Crippen LogP contribution in [0.2, 0.25) is 5.02 Å². The maximum Gasteiger partial charge on any atom is 0.224 e. The van der Waals surface area contributed by atoms with Gasteiger partial charge >= 0.3 is 0 Å². The minimum Gasteiger partial charge on any atom is -0.355 e. The van der Waals surface area contributed by atoms with Crippen LogP contribution >= 0.6 is 22.9 Å². The SMILES string of the molecule is O=C(NCCc1ccc(Cl)cc1)C1CCCN(c2nnc(-n3cccc3)s2)C1. The molecule has 0 spiro atoms. The summed E-state index contributed by atoms with van der Waals surface area (Å²) in [5.41, 5.74) is 1.17. The number of halogens is 1. The predicted octanol–water partition coefficient (Wildman–Crippen LogP) is 3.56. The molecule has 1 aliphatic heterocycles. The zero-order valence-corrected chi connectivity index (χ0v) is 17.0. The maximum atomic E-state index is 12.6. The summed E-state index contributed by atoms with van der Waals surface area (Å²) in [5, 5.41) is 14.1. The molecule has 0 bridgehead atoms. The van der Waals surface area contributed by atoms with Gasteiger partial charge in [0.05, 0.1) is 5.92 Å². The first-order chi connectivity index (χ1) is 13.7. The second-order valence-electron chi connectivity index (χ2n) is 6.91. The molecule has 3 heterocycles. The first-order valence-electron chi connectivity index (χ1n) is 9.43. The molecule has 4 rings (SSSR count). The van der Waals surface area contributed by atoms with Crippen LogP contribution in [0.4, 0.5) is 5.13 Å². The van der Waals surface area contributed by atoms with Gasteiger partial charge in [-0.05, 0) is 49.1 Å². The third-order valence-corrected chi connectivity index (χ3v) is 6.17. The van der Waals surface area contributed by atoms with Crippen LogP contribution in [0.1, 0.15) is 18.4 Å². The molecule has 1 atom stereocenters. The topological polar surface area (TPSA) is 63.1 Å². The van der Waals surface area contributed by atoms with E-state index < -0.39 is 0 Å². The van der Waals surface area contributed by atoms with Crippen LogP contribution in [-0.4, -0.2) is 40.3 Å².